The predicted molar refractivity (Wildman–Crippen MR) is 49.9 cm³/mol. The van der Waals surface area contributed by atoms with Crippen molar-refractivity contribution < 1.29 is 5.11 Å². The summed E-state index contributed by atoms with van der Waals surface area (Å²) < 4.78 is 0. The molecule has 0 aromatic heterocycles. The fourth-order valence-electron chi connectivity index (χ4n) is 1.55. The van der Waals surface area contributed by atoms with Crippen molar-refractivity contribution in [1.82, 2.24) is 0 Å². The molecule has 0 fully saturated rings. The molecule has 0 N–H and O–H groups in total. The average molecular weight is 163 g/mol. The number of hydrogen-bond donors (Lipinski definition) is 0. The molecule has 1 rings (SSSR count). The second-order valence-corrected chi connectivity index (χ2v) is 3.05. The maximum atomic E-state index is 11.4. The van der Waals surface area contributed by atoms with Crippen LogP contribution < -0.4 is 0 Å². The van der Waals surface area contributed by atoms with E-state index in [0.717, 1.165) is 18.4 Å². The van der Waals surface area contributed by atoms with Gasteiger partial charge in [-0.1, -0.05) is 32.0 Å². The Bertz CT molecular complexity index is 239. The third-order valence-corrected chi connectivity index (χ3v) is 2.34. The summed E-state index contributed by atoms with van der Waals surface area (Å²) in [6.07, 6.45) is 2.10. The minimum absolute atomic E-state index is 0.186. The van der Waals surface area contributed by atoms with Crippen molar-refractivity contribution in [3.05, 3.63) is 29.8 Å². The lowest BCUT2D eigenvalue weighted by atomic mass is 9.93. The van der Waals surface area contributed by atoms with Crippen LogP contribution >= 0.6 is 0 Å². The first kappa shape index (κ1) is 9.11. The molecule has 0 spiro atoms. The maximum Gasteiger partial charge on any atom is 0.182 e. The Hall–Kier alpha value is -0.980. The maximum absolute atomic E-state index is 11.4. The molecule has 65 valence electrons. The second kappa shape index (κ2) is 4.15. The third kappa shape index (κ3) is 1.79. The van der Waals surface area contributed by atoms with Crippen molar-refractivity contribution >= 4 is 0 Å². The molecule has 0 aliphatic heterocycles. The minimum Gasteiger partial charge on any atom is -0.290 e. The van der Waals surface area contributed by atoms with Crippen LogP contribution in [0.2, 0.25) is 0 Å². The summed E-state index contributed by atoms with van der Waals surface area (Å²) in [7, 11) is 0. The number of para-hydroxylation sites is 1. The fraction of sp³-hybridized carbons (Fsp3) is 0.455. The molecular weight excluding hydrogens is 148 g/mol. The molecule has 1 nitrogen and oxygen atoms in total. The van der Waals surface area contributed by atoms with Gasteiger partial charge >= 0.3 is 0 Å². The first-order valence-electron chi connectivity index (χ1n) is 4.55. The van der Waals surface area contributed by atoms with Crippen LogP contribution in [0.5, 0.6) is 5.75 Å². The molecule has 0 saturated carbocycles. The smallest absolute Gasteiger partial charge is 0.182 e. The second-order valence-electron chi connectivity index (χ2n) is 3.05. The molecule has 1 radical (unpaired) electrons. The summed E-state index contributed by atoms with van der Waals surface area (Å²) in [5, 5.41) is 11.4. The molecule has 0 bridgehead atoms. The number of benzene rings is 1. The van der Waals surface area contributed by atoms with Crippen molar-refractivity contribution in [2.75, 3.05) is 0 Å². The molecule has 12 heavy (non-hydrogen) atoms. The van der Waals surface area contributed by atoms with Crippen molar-refractivity contribution in [2.24, 2.45) is 0 Å². The van der Waals surface area contributed by atoms with Gasteiger partial charge in [0.25, 0.3) is 0 Å². The molecular formula is C11H15O. The summed E-state index contributed by atoms with van der Waals surface area (Å²) in [4.78, 5) is 0. The van der Waals surface area contributed by atoms with Crippen molar-refractivity contribution in [2.45, 2.75) is 32.6 Å². The van der Waals surface area contributed by atoms with Gasteiger partial charge in [0.15, 0.2) is 5.75 Å². The van der Waals surface area contributed by atoms with Gasteiger partial charge in [0, 0.05) is 5.56 Å². The molecule has 0 aliphatic rings. The fourth-order valence-corrected chi connectivity index (χ4v) is 1.55. The van der Waals surface area contributed by atoms with Crippen molar-refractivity contribution in [3.63, 3.8) is 0 Å². The Labute approximate surface area is 74.1 Å². The van der Waals surface area contributed by atoms with Gasteiger partial charge in [-0.2, -0.15) is 0 Å². The molecule has 0 saturated heterocycles. The summed E-state index contributed by atoms with van der Waals surface area (Å²) >= 11 is 0. The molecule has 1 aromatic rings. The lowest BCUT2D eigenvalue weighted by molar-refractivity contribution is 0.345. The Morgan fingerprint density at radius 1 is 1.17 bits per heavy atom. The lowest BCUT2D eigenvalue weighted by Crippen LogP contribution is -1.94. The minimum atomic E-state index is 0.186. The van der Waals surface area contributed by atoms with Crippen molar-refractivity contribution in [3.8, 4) is 5.75 Å². The van der Waals surface area contributed by atoms with E-state index in [4.69, 9.17) is 0 Å². The molecule has 0 atom stereocenters. The Morgan fingerprint density at radius 2 is 1.75 bits per heavy atom. The topological polar surface area (TPSA) is 19.9 Å². The zero-order valence-corrected chi connectivity index (χ0v) is 7.71. The van der Waals surface area contributed by atoms with E-state index in [1.165, 1.54) is 0 Å². The van der Waals surface area contributed by atoms with E-state index in [1.54, 1.807) is 12.1 Å². The van der Waals surface area contributed by atoms with Crippen LogP contribution in [0, 0.1) is 0 Å². The van der Waals surface area contributed by atoms with E-state index in [-0.39, 0.29) is 5.75 Å². The molecule has 0 heterocycles. The van der Waals surface area contributed by atoms with Crippen LogP contribution in [0.1, 0.15) is 38.2 Å². The highest BCUT2D eigenvalue weighted by molar-refractivity contribution is 5.34. The average Bonchev–Trinajstić information content (AvgIpc) is 2.10. The van der Waals surface area contributed by atoms with Crippen LogP contribution in [0.4, 0.5) is 0 Å². The van der Waals surface area contributed by atoms with Gasteiger partial charge in [-0.25, -0.2) is 0 Å². The molecule has 0 amide bonds. The highest BCUT2D eigenvalue weighted by Gasteiger charge is 2.10. The molecule has 0 unspecified atom stereocenters. The van der Waals surface area contributed by atoms with Crippen LogP contribution in [0.15, 0.2) is 24.3 Å². The molecule has 1 heteroatoms. The van der Waals surface area contributed by atoms with E-state index < -0.39 is 0 Å². The highest BCUT2D eigenvalue weighted by Crippen LogP contribution is 2.30. The summed E-state index contributed by atoms with van der Waals surface area (Å²) in [6.45, 7) is 4.25. The predicted octanol–water partition coefficient (Wildman–Crippen LogP) is 3.73. The monoisotopic (exact) mass is 163 g/mol. The standard InChI is InChI=1S/C11H15O/c1-3-9(4-2)10-7-5-6-8-11(10)12/h5-9H,3-4H2,1-2H3. The zero-order valence-electron chi connectivity index (χ0n) is 7.71. The van der Waals surface area contributed by atoms with E-state index in [9.17, 15) is 5.11 Å². The van der Waals surface area contributed by atoms with E-state index in [1.807, 2.05) is 12.1 Å². The first-order valence-corrected chi connectivity index (χ1v) is 4.55. The largest absolute Gasteiger partial charge is 0.290 e. The Kier molecular flexibility index (Phi) is 3.15. The van der Waals surface area contributed by atoms with Crippen LogP contribution in [0.25, 0.3) is 0 Å². The van der Waals surface area contributed by atoms with Gasteiger partial charge in [0.2, 0.25) is 0 Å². The first-order chi connectivity index (χ1) is 5.79. The Balaban J connectivity index is 2.92. The van der Waals surface area contributed by atoms with E-state index in [2.05, 4.69) is 13.8 Å². The van der Waals surface area contributed by atoms with Gasteiger partial charge in [-0.15, -0.1) is 0 Å². The molecule has 1 aromatic carbocycles. The van der Waals surface area contributed by atoms with Crippen molar-refractivity contribution in [1.29, 1.82) is 0 Å². The normalized spacial score (nSPS) is 10.6. The van der Waals surface area contributed by atoms with Gasteiger partial charge in [0.1, 0.15) is 0 Å². The van der Waals surface area contributed by atoms with E-state index in [0.29, 0.717) is 5.92 Å². The van der Waals surface area contributed by atoms with Crippen LogP contribution in [0.3, 0.4) is 0 Å². The van der Waals surface area contributed by atoms with E-state index >= 15 is 0 Å². The number of rotatable bonds is 3. The quantitative estimate of drug-likeness (QED) is 0.647. The van der Waals surface area contributed by atoms with Crippen LogP contribution in [-0.2, 0) is 5.11 Å². The number of hydrogen-bond acceptors (Lipinski definition) is 0. The zero-order chi connectivity index (χ0) is 8.97. The molecule has 0 aliphatic carbocycles. The highest BCUT2D eigenvalue weighted by atomic mass is 16.3. The van der Waals surface area contributed by atoms with Gasteiger partial charge in [-0.3, -0.25) is 5.11 Å². The Morgan fingerprint density at radius 3 is 2.25 bits per heavy atom. The SMILES string of the molecule is CCC(CC)c1ccccc1[O]. The van der Waals surface area contributed by atoms with Crippen LogP contribution in [-0.4, -0.2) is 0 Å². The third-order valence-electron chi connectivity index (χ3n) is 2.34. The van der Waals surface area contributed by atoms with Gasteiger partial charge in [-0.05, 0) is 24.8 Å². The summed E-state index contributed by atoms with van der Waals surface area (Å²) in [5.41, 5.74) is 0.975. The summed E-state index contributed by atoms with van der Waals surface area (Å²) in [6, 6.07) is 7.33. The lowest BCUT2D eigenvalue weighted by Gasteiger charge is -2.12. The summed E-state index contributed by atoms with van der Waals surface area (Å²) in [5.74, 6) is 0.630. The van der Waals surface area contributed by atoms with Gasteiger partial charge < -0.3 is 0 Å². The van der Waals surface area contributed by atoms with Gasteiger partial charge in [0.05, 0.1) is 0 Å².